The monoisotopic (exact) mass is 1950 g/mol. The second kappa shape index (κ2) is 62.6. The maximum absolute atomic E-state index is 15.4. The number of hydrogen-bond donors (Lipinski definition) is 23. The van der Waals surface area contributed by atoms with Crippen LogP contribution in [-0.2, 0) is 112 Å². The maximum atomic E-state index is 15.4. The van der Waals surface area contributed by atoms with Crippen molar-refractivity contribution in [3.63, 3.8) is 0 Å². The van der Waals surface area contributed by atoms with Gasteiger partial charge in [-0.1, -0.05) is 139 Å². The van der Waals surface area contributed by atoms with Crippen molar-refractivity contribution in [2.24, 2.45) is 17.2 Å². The van der Waals surface area contributed by atoms with Gasteiger partial charge in [-0.3, -0.25) is 87.0 Å². The minimum atomic E-state index is -1.73. The number of nitrogens with two attached hydrogens (primary N) is 3. The molecule has 2 saturated heterocycles. The Labute approximate surface area is 807 Å². The fourth-order valence-corrected chi connectivity index (χ4v) is 16.0. The van der Waals surface area contributed by atoms with Crippen molar-refractivity contribution in [1.29, 1.82) is 5.41 Å². The number of aliphatic hydroxyl groups is 2. The number of hydrogen-bond acceptors (Lipinski definition) is 26. The van der Waals surface area contributed by atoms with Gasteiger partial charge < -0.3 is 126 Å². The van der Waals surface area contributed by atoms with E-state index in [0.717, 1.165) is 60.2 Å². The third kappa shape index (κ3) is 42.4. The molecule has 0 aliphatic carbocycles. The zero-order valence-corrected chi connectivity index (χ0v) is 79.7. The first-order valence-electron chi connectivity index (χ1n) is 48.1. The van der Waals surface area contributed by atoms with Gasteiger partial charge in [-0.15, -0.1) is 5.10 Å². The number of aliphatic hydroxyl groups excluding tert-OH is 2. The number of nitrogens with zero attached hydrogens (tertiary/aromatic N) is 6. The fourth-order valence-electron chi connectivity index (χ4n) is 16.0. The summed E-state index contributed by atoms with van der Waals surface area (Å²) >= 11 is 0. The van der Waals surface area contributed by atoms with Crippen molar-refractivity contribution >= 4 is 111 Å². The highest BCUT2D eigenvalue weighted by molar-refractivity contribution is 6.00. The molecule has 47 heteroatoms. The number of likely N-dealkylation sites (N-methyl/N-ethyl adjacent to an activating group) is 1. The summed E-state index contributed by atoms with van der Waals surface area (Å²) in [6.07, 6.45) is 17.5. The van der Waals surface area contributed by atoms with Crippen LogP contribution in [0.25, 0.3) is 10.9 Å². The molecule has 0 spiro atoms. The molecule has 16 amide bonds. The normalized spacial score (nSPS) is 18.7. The van der Waals surface area contributed by atoms with Gasteiger partial charge in [-0.2, -0.15) is 0 Å². The Kier molecular flexibility index (Phi) is 50.9. The first-order chi connectivity index (χ1) is 66.9. The number of benzene rings is 2. The van der Waals surface area contributed by atoms with Crippen LogP contribution in [0.4, 0.5) is 0 Å². The van der Waals surface area contributed by atoms with Crippen molar-refractivity contribution < 1.29 is 96.4 Å². The molecule has 0 unspecified atom stereocenters. The Hall–Kier alpha value is -13.2. The SMILES string of the molecule is CCCC[C@H](NC(=O)[C@H](CNC(=O)[C@H](Cc1c[nH]cn1)NC(=O)[C@H](CCC(N)=O)NC(=O)[C@H](CO)NC(=O)CNC(=O)COCCOCCNC(=O)CCCCCCCCCCCCCCCc1nnn[nH]1)N(C)C)C(=O)N[C@H]1CCC(=O)NCCCC[C@@H](C(N)=O)NC(=O)[C@H](Cc2c[nH]c3ccccc23)NC(=O)[C@H](CCCNC(=N)N)NC(=O)[C@@H](Cc2ccccc2)NC(=O)[C@@H]2C[C@@H](O)CN2C1=O. The first kappa shape index (κ1) is 113. The highest BCUT2D eigenvalue weighted by atomic mass is 16.5. The van der Waals surface area contributed by atoms with Crippen LogP contribution in [-0.4, -0.2) is 315 Å². The maximum Gasteiger partial charge on any atom is 0.246 e. The molecule has 766 valence electrons. The molecule has 2 aromatic carbocycles. The van der Waals surface area contributed by atoms with Gasteiger partial charge in [0.2, 0.25) is 94.5 Å². The minimum absolute atomic E-state index is 0.00201. The molecular formula is C92H143N27O20. The number of guanidine groups is 1. The molecule has 2 aliphatic rings. The molecule has 12 atom stereocenters. The highest BCUT2D eigenvalue weighted by Gasteiger charge is 2.44. The predicted molar refractivity (Wildman–Crippen MR) is 508 cm³/mol. The number of unbranched alkanes of at least 4 members (excludes halogenated alkanes) is 13. The van der Waals surface area contributed by atoms with E-state index in [2.05, 4.69) is 110 Å². The second-order valence-electron chi connectivity index (χ2n) is 35.1. The smallest absolute Gasteiger partial charge is 0.246 e. The molecule has 3 aromatic heterocycles. The molecule has 7 rings (SSSR count). The van der Waals surface area contributed by atoms with Crippen molar-refractivity contribution in [2.45, 2.75) is 279 Å². The quantitative estimate of drug-likeness (QED) is 0.0105. The van der Waals surface area contributed by atoms with Crippen LogP contribution in [0, 0.1) is 5.41 Å². The number of tetrazole rings is 1. The van der Waals surface area contributed by atoms with Gasteiger partial charge in [-0.25, -0.2) is 10.1 Å². The van der Waals surface area contributed by atoms with E-state index < -0.39 is 220 Å². The zero-order chi connectivity index (χ0) is 101. The Morgan fingerprint density at radius 2 is 1.27 bits per heavy atom. The molecule has 26 N–H and O–H groups in total. The third-order valence-corrected chi connectivity index (χ3v) is 23.8. The van der Waals surface area contributed by atoms with Gasteiger partial charge >= 0.3 is 0 Å². The molecule has 139 heavy (non-hydrogen) atoms. The minimum Gasteiger partial charge on any atom is -0.394 e. The number of aromatic nitrogens is 7. The number of carbonyl (C=O) groups is 16. The van der Waals surface area contributed by atoms with Crippen LogP contribution in [0.2, 0.25) is 0 Å². The Balaban J connectivity index is 0.945. The number of carbonyl (C=O) groups excluding carboxylic acids is 16. The number of aromatic amines is 3. The number of amides is 16. The van der Waals surface area contributed by atoms with Crippen LogP contribution >= 0.6 is 0 Å². The van der Waals surface area contributed by atoms with Gasteiger partial charge in [-0.05, 0) is 106 Å². The Morgan fingerprint density at radius 1 is 0.619 bits per heavy atom. The van der Waals surface area contributed by atoms with Crippen LogP contribution < -0.4 is 91.6 Å². The Bertz CT molecular complexity index is 4720. The van der Waals surface area contributed by atoms with Crippen molar-refractivity contribution in [3.05, 3.63) is 96.0 Å². The van der Waals surface area contributed by atoms with Crippen LogP contribution in [0.5, 0.6) is 0 Å². The molecule has 5 aromatic rings. The number of H-pyrrole nitrogens is 3. The third-order valence-electron chi connectivity index (χ3n) is 23.8. The predicted octanol–water partition coefficient (Wildman–Crippen LogP) is -2.95. The number of aryl methyl sites for hydroxylation is 1. The summed E-state index contributed by atoms with van der Waals surface area (Å²) in [7, 11) is 2.98. The summed E-state index contributed by atoms with van der Waals surface area (Å²) in [6, 6.07) is -0.878. The Morgan fingerprint density at radius 3 is 1.94 bits per heavy atom. The number of para-hydroxylation sites is 1. The van der Waals surface area contributed by atoms with E-state index in [1.807, 2.05) is 25.1 Å². The molecule has 0 saturated carbocycles. The molecule has 2 fully saturated rings. The lowest BCUT2D eigenvalue weighted by Gasteiger charge is -2.31. The average Bonchev–Trinajstić information content (AvgIpc) is 1.68. The van der Waals surface area contributed by atoms with Crippen molar-refractivity contribution in [2.75, 3.05) is 86.4 Å². The van der Waals surface area contributed by atoms with Crippen LogP contribution in [0.15, 0.2) is 73.3 Å². The van der Waals surface area contributed by atoms with E-state index in [0.29, 0.717) is 30.4 Å². The van der Waals surface area contributed by atoms with E-state index in [1.165, 1.54) is 82.9 Å². The zero-order valence-electron chi connectivity index (χ0n) is 79.7. The summed E-state index contributed by atoms with van der Waals surface area (Å²) in [5.41, 5.74) is 19.1. The lowest BCUT2D eigenvalue weighted by Crippen LogP contribution is -2.61. The summed E-state index contributed by atoms with van der Waals surface area (Å²) in [5.74, 6) is -13.0. The summed E-state index contributed by atoms with van der Waals surface area (Å²) < 4.78 is 10.9. The number of ether oxygens (including phenoxy) is 2. The van der Waals surface area contributed by atoms with Gasteiger partial charge in [0.15, 0.2) is 5.96 Å². The molecule has 0 bridgehead atoms. The topological polar surface area (TPSA) is 708 Å². The van der Waals surface area contributed by atoms with Gasteiger partial charge in [0.1, 0.15) is 78.9 Å². The average molecular weight is 1950 g/mol. The molecular weight excluding hydrogens is 1800 g/mol. The summed E-state index contributed by atoms with van der Waals surface area (Å²) in [6.45, 7) is -0.720. The van der Waals surface area contributed by atoms with E-state index >= 15 is 19.2 Å². The molecule has 5 heterocycles. The molecule has 47 nitrogen and oxygen atoms in total. The first-order valence-corrected chi connectivity index (χ1v) is 48.1. The second-order valence-corrected chi connectivity index (χ2v) is 35.1. The molecule has 2 aliphatic heterocycles. The standard InChI is InChI=1S/C92H143N27O20/c1-4-5-30-65(83(129)110-68-37-39-78(124)98-40-25-24-32-64(81(94)127)106-87(133)70(47-59-50-101-63-31-23-22-29-62(59)63)111-84(130)66(33-26-41-100-92(95)96)107-86(132)69(46-58-27-18-17-19-28-58)113-89(135)73-49-61(121)54-119(73)91(68)137)109-90(136)74(118(2)3)52-103-82(128)71(48-60-51-97-57-104-60)112-85(131)67(36-38-75(93)122)108-88(134)72(55-120)105-79(125)53-102-80(126)56-139-45-44-138-43-42-99-77(123)35-21-16-14-12-10-8-6-7-9-11-13-15-20-34-76-114-116-117-115-76/h17-19,22-23,27-29,31,50-51,57,61,64-74,101,120-121H,4-16,20-21,24-26,30,32-49,52-56H2,1-3H3,(H2,93,122)(H2,94,127)(H,97,104)(H,98,124)(H,99,123)(H,102,126)(H,103,128)(H,105,125)(H,106,133)(H,107,132)(H,108,134)(H,109,136)(H,110,129)(H,111,130)(H,112,131)(H,113,135)(H4,95,96,100)(H,114,115,116,117)/t61-,64+,65+,66+,67+,68+,69-,70+,71+,72+,73+,74+/m1/s1. The van der Waals surface area contributed by atoms with Crippen LogP contribution in [0.1, 0.15) is 203 Å². The van der Waals surface area contributed by atoms with E-state index in [1.54, 1.807) is 42.6 Å². The number of imidazole rings is 1. The van der Waals surface area contributed by atoms with E-state index in [-0.39, 0.29) is 121 Å². The van der Waals surface area contributed by atoms with Crippen LogP contribution in [0.3, 0.4) is 0 Å². The number of fused-ring (bicyclic) bond motifs is 2. The fraction of sp³-hybridized carbons (Fsp3) is 0.620. The highest BCUT2D eigenvalue weighted by Crippen LogP contribution is 2.24. The number of nitrogens with one attached hydrogen (secondary N) is 18. The van der Waals surface area contributed by atoms with Crippen molar-refractivity contribution in [3.8, 4) is 0 Å². The van der Waals surface area contributed by atoms with Gasteiger partial charge in [0, 0.05) is 107 Å². The number of primary amides is 2. The largest absolute Gasteiger partial charge is 0.394 e. The number of rotatable bonds is 57. The van der Waals surface area contributed by atoms with Gasteiger partial charge in [0.05, 0.1) is 51.1 Å². The summed E-state index contributed by atoms with van der Waals surface area (Å²) in [4.78, 5) is 237. The lowest BCUT2D eigenvalue weighted by molar-refractivity contribution is -0.143. The van der Waals surface area contributed by atoms with E-state index in [9.17, 15) is 67.7 Å². The van der Waals surface area contributed by atoms with E-state index in [4.69, 9.17) is 32.1 Å². The lowest BCUT2D eigenvalue weighted by atomic mass is 10.0. The van der Waals surface area contributed by atoms with Gasteiger partial charge in [0.25, 0.3) is 0 Å². The van der Waals surface area contributed by atoms with Crippen molar-refractivity contribution in [1.82, 2.24) is 120 Å². The summed E-state index contributed by atoms with van der Waals surface area (Å²) in [5, 5.41) is 80.9. The molecule has 0 radical (unpaired) electrons.